The second-order valence-electron chi connectivity index (χ2n) is 5.32. The van der Waals surface area contributed by atoms with Crippen LogP contribution in [-0.2, 0) is 11.3 Å². The van der Waals surface area contributed by atoms with Gasteiger partial charge in [-0.3, -0.25) is 9.69 Å². The van der Waals surface area contributed by atoms with Crippen LogP contribution in [0, 0.1) is 0 Å². The van der Waals surface area contributed by atoms with Gasteiger partial charge in [0, 0.05) is 6.54 Å². The summed E-state index contributed by atoms with van der Waals surface area (Å²) in [7, 11) is 0. The molecular formula is C16H23N3O2. The Morgan fingerprint density at radius 2 is 2.10 bits per heavy atom. The van der Waals surface area contributed by atoms with Crippen LogP contribution in [0.15, 0.2) is 29.1 Å². The SMILES string of the molecule is CCN(CCOC(C)C)Cc1nc2ccccc2c(=O)[nH]1. The fourth-order valence-corrected chi connectivity index (χ4v) is 2.19. The second-order valence-corrected chi connectivity index (χ2v) is 5.32. The number of H-pyrrole nitrogens is 1. The molecule has 0 fully saturated rings. The Balaban J connectivity index is 2.09. The topological polar surface area (TPSA) is 58.2 Å². The van der Waals surface area contributed by atoms with Crippen LogP contribution in [0.2, 0.25) is 0 Å². The molecule has 2 aromatic rings. The number of rotatable bonds is 7. The van der Waals surface area contributed by atoms with Crippen LogP contribution in [-0.4, -0.2) is 40.7 Å². The summed E-state index contributed by atoms with van der Waals surface area (Å²) < 4.78 is 5.57. The molecule has 5 heteroatoms. The van der Waals surface area contributed by atoms with E-state index in [2.05, 4.69) is 21.8 Å². The first-order chi connectivity index (χ1) is 10.1. The highest BCUT2D eigenvalue weighted by Gasteiger charge is 2.08. The van der Waals surface area contributed by atoms with Gasteiger partial charge in [0.25, 0.3) is 5.56 Å². The quantitative estimate of drug-likeness (QED) is 0.848. The lowest BCUT2D eigenvalue weighted by Crippen LogP contribution is -2.29. The molecule has 5 nitrogen and oxygen atoms in total. The lowest BCUT2D eigenvalue weighted by Gasteiger charge is -2.20. The zero-order valence-corrected chi connectivity index (χ0v) is 12.9. The average Bonchev–Trinajstić information content (AvgIpc) is 2.46. The summed E-state index contributed by atoms with van der Waals surface area (Å²) in [6.45, 7) is 9.16. The summed E-state index contributed by atoms with van der Waals surface area (Å²) in [4.78, 5) is 21.6. The van der Waals surface area contributed by atoms with Gasteiger partial charge in [-0.15, -0.1) is 0 Å². The maximum absolute atomic E-state index is 12.0. The number of hydrogen-bond acceptors (Lipinski definition) is 4. The summed E-state index contributed by atoms with van der Waals surface area (Å²) in [6, 6.07) is 7.40. The Bertz CT molecular complexity index is 637. The molecule has 0 unspecified atom stereocenters. The molecule has 0 saturated carbocycles. The predicted molar refractivity (Wildman–Crippen MR) is 84.4 cm³/mol. The van der Waals surface area contributed by atoms with Gasteiger partial charge in [0.2, 0.25) is 0 Å². The summed E-state index contributed by atoms with van der Waals surface area (Å²) in [6.07, 6.45) is 0.238. The average molecular weight is 289 g/mol. The van der Waals surface area contributed by atoms with E-state index in [1.54, 1.807) is 6.07 Å². The number of nitrogens with one attached hydrogen (secondary N) is 1. The minimum atomic E-state index is -0.0786. The van der Waals surface area contributed by atoms with Crippen molar-refractivity contribution in [1.29, 1.82) is 0 Å². The first-order valence-electron chi connectivity index (χ1n) is 7.42. The van der Waals surface area contributed by atoms with Crippen molar-refractivity contribution in [3.8, 4) is 0 Å². The zero-order chi connectivity index (χ0) is 15.2. The monoisotopic (exact) mass is 289 g/mol. The van der Waals surface area contributed by atoms with Crippen LogP contribution >= 0.6 is 0 Å². The molecule has 0 aliphatic heterocycles. The second kappa shape index (κ2) is 7.33. The van der Waals surface area contributed by atoms with Gasteiger partial charge in [0.1, 0.15) is 5.82 Å². The van der Waals surface area contributed by atoms with Crippen LogP contribution in [0.5, 0.6) is 0 Å². The van der Waals surface area contributed by atoms with E-state index in [1.165, 1.54) is 0 Å². The number of hydrogen-bond donors (Lipinski definition) is 1. The number of nitrogens with zero attached hydrogens (tertiary/aromatic N) is 2. The highest BCUT2D eigenvalue weighted by molar-refractivity contribution is 5.77. The van der Waals surface area contributed by atoms with Gasteiger partial charge >= 0.3 is 0 Å². The largest absolute Gasteiger partial charge is 0.377 e. The molecule has 114 valence electrons. The smallest absolute Gasteiger partial charge is 0.258 e. The number of aromatic nitrogens is 2. The molecule has 1 heterocycles. The first-order valence-corrected chi connectivity index (χ1v) is 7.42. The fourth-order valence-electron chi connectivity index (χ4n) is 2.19. The van der Waals surface area contributed by atoms with Crippen LogP contribution < -0.4 is 5.56 Å². The summed E-state index contributed by atoms with van der Waals surface area (Å²) in [5.74, 6) is 0.699. The van der Waals surface area contributed by atoms with E-state index in [0.717, 1.165) is 18.6 Å². The summed E-state index contributed by atoms with van der Waals surface area (Å²) in [5, 5.41) is 0.632. The molecule has 0 saturated heterocycles. The Morgan fingerprint density at radius 1 is 1.33 bits per heavy atom. The van der Waals surface area contributed by atoms with E-state index in [1.807, 2.05) is 32.0 Å². The summed E-state index contributed by atoms with van der Waals surface area (Å²) >= 11 is 0. The molecule has 1 aromatic carbocycles. The van der Waals surface area contributed by atoms with Gasteiger partial charge in [-0.2, -0.15) is 0 Å². The molecule has 0 amide bonds. The van der Waals surface area contributed by atoms with Crippen molar-refractivity contribution in [2.45, 2.75) is 33.4 Å². The highest BCUT2D eigenvalue weighted by Crippen LogP contribution is 2.07. The van der Waals surface area contributed by atoms with Gasteiger partial charge in [-0.25, -0.2) is 4.98 Å². The van der Waals surface area contributed by atoms with Crippen molar-refractivity contribution in [3.05, 3.63) is 40.4 Å². The van der Waals surface area contributed by atoms with E-state index >= 15 is 0 Å². The maximum atomic E-state index is 12.0. The van der Waals surface area contributed by atoms with Crippen LogP contribution in [0.1, 0.15) is 26.6 Å². The number of para-hydroxylation sites is 1. The van der Waals surface area contributed by atoms with Crippen molar-refractivity contribution < 1.29 is 4.74 Å². The fraction of sp³-hybridized carbons (Fsp3) is 0.500. The lowest BCUT2D eigenvalue weighted by molar-refractivity contribution is 0.0581. The maximum Gasteiger partial charge on any atom is 0.258 e. The minimum absolute atomic E-state index is 0.0786. The van der Waals surface area contributed by atoms with E-state index in [9.17, 15) is 4.79 Å². The third kappa shape index (κ3) is 4.37. The van der Waals surface area contributed by atoms with Crippen molar-refractivity contribution in [1.82, 2.24) is 14.9 Å². The van der Waals surface area contributed by atoms with Crippen molar-refractivity contribution in [2.24, 2.45) is 0 Å². The van der Waals surface area contributed by atoms with Crippen molar-refractivity contribution >= 4 is 10.9 Å². The van der Waals surface area contributed by atoms with Gasteiger partial charge < -0.3 is 9.72 Å². The van der Waals surface area contributed by atoms with Gasteiger partial charge in [-0.05, 0) is 32.5 Å². The van der Waals surface area contributed by atoms with E-state index in [4.69, 9.17) is 4.74 Å². The van der Waals surface area contributed by atoms with Gasteiger partial charge in [0.05, 0.1) is 30.2 Å². The first kappa shape index (κ1) is 15.7. The highest BCUT2D eigenvalue weighted by atomic mass is 16.5. The van der Waals surface area contributed by atoms with E-state index < -0.39 is 0 Å². The molecule has 2 rings (SSSR count). The summed E-state index contributed by atoms with van der Waals surface area (Å²) in [5.41, 5.74) is 0.663. The lowest BCUT2D eigenvalue weighted by atomic mass is 10.2. The Hall–Kier alpha value is -1.72. The molecule has 0 radical (unpaired) electrons. The standard InChI is InChI=1S/C16H23N3O2/c1-4-19(9-10-21-12(2)3)11-15-17-14-8-6-5-7-13(14)16(20)18-15/h5-8,12H,4,9-11H2,1-3H3,(H,17,18,20). The van der Waals surface area contributed by atoms with Crippen LogP contribution in [0.3, 0.4) is 0 Å². The third-order valence-electron chi connectivity index (χ3n) is 3.34. The Labute approximate surface area is 125 Å². The van der Waals surface area contributed by atoms with E-state index in [-0.39, 0.29) is 11.7 Å². The number of likely N-dealkylation sites (N-methyl/N-ethyl adjacent to an activating group) is 1. The number of aromatic amines is 1. The molecular weight excluding hydrogens is 266 g/mol. The Kier molecular flexibility index (Phi) is 5.47. The number of fused-ring (bicyclic) bond motifs is 1. The molecule has 0 aliphatic carbocycles. The van der Waals surface area contributed by atoms with Gasteiger partial charge in [-0.1, -0.05) is 19.1 Å². The number of benzene rings is 1. The van der Waals surface area contributed by atoms with Gasteiger partial charge in [0.15, 0.2) is 0 Å². The molecule has 0 aliphatic rings. The molecule has 1 aromatic heterocycles. The van der Waals surface area contributed by atoms with Crippen molar-refractivity contribution in [3.63, 3.8) is 0 Å². The molecule has 0 atom stereocenters. The van der Waals surface area contributed by atoms with Crippen molar-refractivity contribution in [2.75, 3.05) is 19.7 Å². The van der Waals surface area contributed by atoms with Crippen LogP contribution in [0.4, 0.5) is 0 Å². The predicted octanol–water partition coefficient (Wildman–Crippen LogP) is 2.17. The Morgan fingerprint density at radius 3 is 2.81 bits per heavy atom. The zero-order valence-electron chi connectivity index (χ0n) is 12.9. The molecule has 0 spiro atoms. The third-order valence-corrected chi connectivity index (χ3v) is 3.34. The normalized spacial score (nSPS) is 11.7. The van der Waals surface area contributed by atoms with E-state index in [0.29, 0.717) is 24.4 Å². The number of ether oxygens (including phenoxy) is 1. The minimum Gasteiger partial charge on any atom is -0.377 e. The molecule has 21 heavy (non-hydrogen) atoms. The van der Waals surface area contributed by atoms with Crippen LogP contribution in [0.25, 0.3) is 10.9 Å². The molecule has 1 N–H and O–H groups in total. The molecule has 0 bridgehead atoms.